The second kappa shape index (κ2) is 6.71. The topological polar surface area (TPSA) is 71.4 Å². The van der Waals surface area contributed by atoms with Crippen LogP contribution in [0.15, 0.2) is 23.1 Å². The number of hydrogen-bond donors (Lipinski definition) is 1. The number of hydrogen-bond acceptors (Lipinski definition) is 3. The van der Waals surface area contributed by atoms with Gasteiger partial charge in [0.05, 0.1) is 27.1 Å². The van der Waals surface area contributed by atoms with Gasteiger partial charge in [0.15, 0.2) is 0 Å². The minimum atomic E-state index is -1.20. The van der Waals surface area contributed by atoms with Crippen LogP contribution in [0.4, 0.5) is 0 Å². The zero-order valence-corrected chi connectivity index (χ0v) is 13.2. The van der Waals surface area contributed by atoms with Crippen LogP contribution in [0, 0.1) is 5.92 Å². The third-order valence-electron chi connectivity index (χ3n) is 3.93. The summed E-state index contributed by atoms with van der Waals surface area (Å²) in [5.74, 6) is -1.43. The highest BCUT2D eigenvalue weighted by Crippen LogP contribution is 2.38. The van der Waals surface area contributed by atoms with Crippen molar-refractivity contribution in [1.29, 1.82) is 0 Å². The van der Waals surface area contributed by atoms with Crippen molar-refractivity contribution in [2.45, 2.75) is 36.5 Å². The Kier molecular flexibility index (Phi) is 5.17. The van der Waals surface area contributed by atoms with Crippen molar-refractivity contribution in [3.63, 3.8) is 0 Å². The summed E-state index contributed by atoms with van der Waals surface area (Å²) in [7, 11) is -1.20. The maximum Gasteiger partial charge on any atom is 0.303 e. The number of carbonyl (C=O) groups is 2. The quantitative estimate of drug-likeness (QED) is 0.902. The van der Waals surface area contributed by atoms with Crippen LogP contribution in [0.5, 0.6) is 0 Å². The van der Waals surface area contributed by atoms with Gasteiger partial charge in [0.2, 0.25) is 0 Å². The molecule has 6 heteroatoms. The lowest BCUT2D eigenvalue weighted by molar-refractivity contribution is -0.137. The molecule has 0 aliphatic heterocycles. The molecule has 0 aromatic heterocycles. The van der Waals surface area contributed by atoms with Crippen LogP contribution in [0.25, 0.3) is 0 Å². The van der Waals surface area contributed by atoms with Crippen molar-refractivity contribution >= 4 is 34.2 Å². The molecule has 1 aromatic rings. The average molecular weight is 329 g/mol. The number of ketones is 1. The van der Waals surface area contributed by atoms with E-state index in [1.807, 2.05) is 0 Å². The molecule has 1 fully saturated rings. The van der Waals surface area contributed by atoms with Crippen LogP contribution in [-0.2, 0) is 20.4 Å². The predicted octanol–water partition coefficient (Wildman–Crippen LogP) is 3.00. The summed E-state index contributed by atoms with van der Waals surface area (Å²) < 4.78 is 11.5. The van der Waals surface area contributed by atoms with Crippen LogP contribution in [0.2, 0.25) is 5.02 Å². The van der Waals surface area contributed by atoms with Crippen molar-refractivity contribution in [3.8, 4) is 0 Å². The molecule has 4 nitrogen and oxygen atoms in total. The first-order valence-electron chi connectivity index (χ1n) is 6.77. The number of benzene rings is 1. The van der Waals surface area contributed by atoms with E-state index in [4.69, 9.17) is 16.7 Å². The van der Waals surface area contributed by atoms with E-state index < -0.39 is 16.8 Å². The Labute approximate surface area is 131 Å². The van der Waals surface area contributed by atoms with E-state index in [1.165, 1.54) is 6.26 Å². The van der Waals surface area contributed by atoms with Crippen molar-refractivity contribution in [3.05, 3.63) is 28.8 Å². The number of aliphatic carboxylic acids is 1. The van der Waals surface area contributed by atoms with Crippen LogP contribution in [0.3, 0.4) is 0 Å². The van der Waals surface area contributed by atoms with Gasteiger partial charge in [0.1, 0.15) is 5.78 Å². The van der Waals surface area contributed by atoms with E-state index in [0.29, 0.717) is 16.3 Å². The lowest BCUT2D eigenvalue weighted by Crippen LogP contribution is -2.20. The monoisotopic (exact) mass is 328 g/mol. The minimum absolute atomic E-state index is 0.0959. The van der Waals surface area contributed by atoms with Gasteiger partial charge in [-0.2, -0.15) is 0 Å². The number of carboxylic acid groups (broad SMARTS) is 1. The highest BCUT2D eigenvalue weighted by atomic mass is 35.5. The van der Waals surface area contributed by atoms with E-state index in [0.717, 1.165) is 18.4 Å². The summed E-state index contributed by atoms with van der Waals surface area (Å²) in [4.78, 5) is 23.6. The number of rotatable bonds is 5. The zero-order chi connectivity index (χ0) is 15.6. The molecule has 0 saturated heterocycles. The highest BCUT2D eigenvalue weighted by molar-refractivity contribution is 7.84. The molecule has 1 aromatic carbocycles. The Bertz CT molecular complexity index is 599. The van der Waals surface area contributed by atoms with Crippen LogP contribution >= 0.6 is 11.6 Å². The molecule has 0 radical (unpaired) electrons. The molecule has 2 unspecified atom stereocenters. The molecular formula is C15H17ClO4S. The molecule has 1 saturated carbocycles. The number of carboxylic acids is 1. The molecule has 3 atom stereocenters. The lowest BCUT2D eigenvalue weighted by atomic mass is 9.82. The number of Topliss-reactive ketones (excluding diaryl/α,β-unsaturated/α-hetero) is 1. The van der Waals surface area contributed by atoms with Gasteiger partial charge in [0, 0.05) is 24.5 Å². The second-order valence-corrected chi connectivity index (χ2v) is 7.07. The molecule has 21 heavy (non-hydrogen) atoms. The predicted molar refractivity (Wildman–Crippen MR) is 81.1 cm³/mol. The van der Waals surface area contributed by atoms with E-state index >= 15 is 0 Å². The van der Waals surface area contributed by atoms with Gasteiger partial charge in [0.25, 0.3) is 0 Å². The molecule has 1 aliphatic carbocycles. The average Bonchev–Trinajstić information content (AvgIpc) is 2.81. The first-order chi connectivity index (χ1) is 9.90. The summed E-state index contributed by atoms with van der Waals surface area (Å²) in [6, 6.07) is 5.04. The van der Waals surface area contributed by atoms with Gasteiger partial charge in [-0.25, -0.2) is 0 Å². The summed E-state index contributed by atoms with van der Waals surface area (Å²) in [6.45, 7) is 0. The fourth-order valence-corrected chi connectivity index (χ4v) is 4.04. The Hall–Kier alpha value is -1.20. The summed E-state index contributed by atoms with van der Waals surface area (Å²) in [5, 5.41) is 9.47. The molecule has 0 bridgehead atoms. The smallest absolute Gasteiger partial charge is 0.303 e. The Balaban J connectivity index is 2.36. The van der Waals surface area contributed by atoms with E-state index in [2.05, 4.69) is 0 Å². The maximum atomic E-state index is 12.0. The normalized spacial score (nSPS) is 21.2. The fourth-order valence-electron chi connectivity index (χ4n) is 2.93. The number of halogens is 1. The molecule has 0 amide bonds. The van der Waals surface area contributed by atoms with Crippen molar-refractivity contribution in [1.82, 2.24) is 0 Å². The maximum absolute atomic E-state index is 12.0. The van der Waals surface area contributed by atoms with Crippen LogP contribution in [-0.4, -0.2) is 27.3 Å². The zero-order valence-electron chi connectivity index (χ0n) is 11.7. The second-order valence-electron chi connectivity index (χ2n) is 5.31. The molecule has 2 rings (SSSR count). The molecule has 0 heterocycles. The molecular weight excluding hydrogens is 312 g/mol. The standard InChI is InChI=1S/C15H17ClO4S/c1-21(20)14-6-5-9(7-12(14)16)11(8-15(18)19)10-3-2-4-13(10)17/h5-7,10-11H,2-4,8H2,1H3,(H,18,19)/t10?,11-,21?/m0/s1. The summed E-state index contributed by atoms with van der Waals surface area (Å²) >= 11 is 6.12. The Morgan fingerprint density at radius 1 is 1.52 bits per heavy atom. The first kappa shape index (κ1) is 16.2. The van der Waals surface area contributed by atoms with Crippen LogP contribution < -0.4 is 0 Å². The molecule has 0 spiro atoms. The summed E-state index contributed by atoms with van der Waals surface area (Å²) in [5.41, 5.74) is 0.733. The summed E-state index contributed by atoms with van der Waals surface area (Å²) in [6.07, 6.45) is 3.49. The third kappa shape index (κ3) is 3.71. The van der Waals surface area contributed by atoms with Crippen molar-refractivity contribution in [2.24, 2.45) is 5.92 Å². The third-order valence-corrected chi connectivity index (χ3v) is 5.33. The van der Waals surface area contributed by atoms with Gasteiger partial charge in [-0.1, -0.05) is 17.7 Å². The van der Waals surface area contributed by atoms with Gasteiger partial charge in [-0.3, -0.25) is 13.8 Å². The number of carbonyl (C=O) groups excluding carboxylic acids is 1. The highest BCUT2D eigenvalue weighted by Gasteiger charge is 2.34. The molecule has 1 aliphatic rings. The minimum Gasteiger partial charge on any atom is -0.481 e. The van der Waals surface area contributed by atoms with Gasteiger partial charge < -0.3 is 5.11 Å². The van der Waals surface area contributed by atoms with Crippen molar-refractivity contribution < 1.29 is 18.9 Å². The Morgan fingerprint density at radius 3 is 2.71 bits per heavy atom. The van der Waals surface area contributed by atoms with E-state index in [9.17, 15) is 13.8 Å². The van der Waals surface area contributed by atoms with Crippen molar-refractivity contribution in [2.75, 3.05) is 6.26 Å². The van der Waals surface area contributed by atoms with Crippen LogP contribution in [0.1, 0.15) is 37.2 Å². The lowest BCUT2D eigenvalue weighted by Gasteiger charge is -2.22. The van der Waals surface area contributed by atoms with E-state index in [-0.39, 0.29) is 24.0 Å². The first-order valence-corrected chi connectivity index (χ1v) is 8.71. The van der Waals surface area contributed by atoms with Gasteiger partial charge >= 0.3 is 5.97 Å². The van der Waals surface area contributed by atoms with Gasteiger partial charge in [-0.05, 0) is 30.5 Å². The van der Waals surface area contributed by atoms with E-state index in [1.54, 1.807) is 18.2 Å². The fraction of sp³-hybridized carbons (Fsp3) is 0.467. The molecule has 1 N–H and O–H groups in total. The largest absolute Gasteiger partial charge is 0.481 e. The Morgan fingerprint density at radius 2 is 2.24 bits per heavy atom. The molecule has 114 valence electrons. The van der Waals surface area contributed by atoms with Gasteiger partial charge in [-0.15, -0.1) is 0 Å². The SMILES string of the molecule is CS(=O)c1ccc([C@H](CC(=O)O)C2CCCC2=O)cc1Cl.